The van der Waals surface area contributed by atoms with Crippen molar-refractivity contribution >= 4 is 50.0 Å². The second kappa shape index (κ2) is 14.5. The molecule has 48 heavy (non-hydrogen) atoms. The summed E-state index contributed by atoms with van der Waals surface area (Å²) >= 11 is 0. The van der Waals surface area contributed by atoms with E-state index in [0.717, 1.165) is 44.9 Å². The number of hydrogen-bond acceptors (Lipinski definition) is 7. The van der Waals surface area contributed by atoms with Crippen LogP contribution >= 0.6 is 0 Å². The zero-order chi connectivity index (χ0) is 35.7. The summed E-state index contributed by atoms with van der Waals surface area (Å²) in [6.45, 7) is 13.0. The predicted octanol–water partition coefficient (Wildman–Crippen LogP) is 2.85. The molecule has 13 heteroatoms. The van der Waals surface area contributed by atoms with Crippen LogP contribution in [0.2, 0.25) is 0 Å². The third-order valence-corrected chi connectivity index (χ3v) is 13.3. The molecule has 5 amide bonds. The van der Waals surface area contributed by atoms with Crippen LogP contribution in [0.1, 0.15) is 119 Å². The Morgan fingerprint density at radius 2 is 1.62 bits per heavy atom. The SMILES string of the molecule is CCCCC(NC(=O)C1C2CC2CN1C(=O)C(NC(=O)NC1(C=S(=O)(C=O)C(C)(C)C)CCCCC1)C(C)(C)C)C(=O)C(=O)NC1CC1. The van der Waals surface area contributed by atoms with Gasteiger partial charge in [-0.3, -0.25) is 28.2 Å². The average Bonchev–Trinajstić information content (AvgIpc) is 3.94. The van der Waals surface area contributed by atoms with Crippen LogP contribution in [-0.2, 0) is 33.5 Å². The minimum absolute atomic E-state index is 0.0108. The second-order valence-electron chi connectivity index (χ2n) is 16.5. The molecule has 0 radical (unpaired) electrons. The molecule has 3 saturated carbocycles. The van der Waals surface area contributed by atoms with Gasteiger partial charge in [-0.1, -0.05) is 59.8 Å². The lowest BCUT2D eigenvalue weighted by atomic mass is 9.83. The van der Waals surface area contributed by atoms with Gasteiger partial charge in [-0.05, 0) is 76.5 Å². The maximum absolute atomic E-state index is 14.3. The van der Waals surface area contributed by atoms with Crippen LogP contribution in [0.15, 0.2) is 0 Å². The van der Waals surface area contributed by atoms with Gasteiger partial charge in [0.05, 0.1) is 11.6 Å². The van der Waals surface area contributed by atoms with Crippen molar-refractivity contribution in [2.24, 2.45) is 17.3 Å². The van der Waals surface area contributed by atoms with Crippen LogP contribution in [0.3, 0.4) is 0 Å². The first-order valence-electron chi connectivity index (χ1n) is 17.7. The van der Waals surface area contributed by atoms with Gasteiger partial charge in [0.1, 0.15) is 12.1 Å². The number of piperidine rings is 1. The Labute approximate surface area is 286 Å². The molecule has 0 aromatic rings. The fourth-order valence-electron chi connectivity index (χ4n) is 6.95. The van der Waals surface area contributed by atoms with Crippen LogP contribution in [0.4, 0.5) is 4.79 Å². The van der Waals surface area contributed by atoms with E-state index < -0.39 is 72.9 Å². The Morgan fingerprint density at radius 3 is 2.17 bits per heavy atom. The van der Waals surface area contributed by atoms with Gasteiger partial charge in [0.2, 0.25) is 17.6 Å². The lowest BCUT2D eigenvalue weighted by Crippen LogP contribution is -2.63. The van der Waals surface area contributed by atoms with E-state index in [1.807, 2.05) is 27.7 Å². The van der Waals surface area contributed by atoms with Gasteiger partial charge in [0, 0.05) is 32.2 Å². The number of carbonyl (C=O) groups is 6. The maximum Gasteiger partial charge on any atom is 0.316 e. The minimum atomic E-state index is -3.10. The summed E-state index contributed by atoms with van der Waals surface area (Å²) in [6, 6.07) is -3.41. The van der Waals surface area contributed by atoms with Gasteiger partial charge < -0.3 is 26.2 Å². The van der Waals surface area contributed by atoms with E-state index in [0.29, 0.717) is 37.8 Å². The number of likely N-dealkylation sites (tertiary alicyclic amines) is 1. The Morgan fingerprint density at radius 1 is 0.979 bits per heavy atom. The molecular weight excluding hydrogens is 634 g/mol. The fourth-order valence-corrected chi connectivity index (χ4v) is 8.61. The molecule has 1 aliphatic heterocycles. The van der Waals surface area contributed by atoms with Crippen molar-refractivity contribution in [1.82, 2.24) is 26.2 Å². The monoisotopic (exact) mass is 691 g/mol. The highest BCUT2D eigenvalue weighted by Crippen LogP contribution is 2.50. The minimum Gasteiger partial charge on any atom is -0.347 e. The lowest BCUT2D eigenvalue weighted by Gasteiger charge is -2.40. The van der Waals surface area contributed by atoms with Crippen molar-refractivity contribution < 1.29 is 33.0 Å². The number of Topliss-reactive ketones (excluding diaryl/α,β-unsaturated/α-hetero) is 1. The Hall–Kier alpha value is -2.96. The number of urea groups is 1. The van der Waals surface area contributed by atoms with Crippen molar-refractivity contribution in [1.29, 1.82) is 0 Å². The van der Waals surface area contributed by atoms with E-state index >= 15 is 0 Å². The number of rotatable bonds is 13. The largest absolute Gasteiger partial charge is 0.347 e. The quantitative estimate of drug-likeness (QED) is 0.131. The van der Waals surface area contributed by atoms with Gasteiger partial charge in [0.15, 0.2) is 5.62 Å². The van der Waals surface area contributed by atoms with E-state index in [-0.39, 0.29) is 17.9 Å². The zero-order valence-electron chi connectivity index (χ0n) is 29.8. The Kier molecular flexibility index (Phi) is 11.4. The average molecular weight is 692 g/mol. The topological polar surface area (TPSA) is 171 Å². The standard InChI is InChI=1S/C35H57N5O7S/c1-8-9-13-25(27(42)30(44)36-23-14-15-23)37-29(43)26-24-18-22(24)19-40(26)31(45)28(33(2,3)4)38-32(46)39-35(16-11-10-12-17-35)20-48(47,21-41)34(5,6)7/h20-26,28H,8-19H2,1-7H3,(H,36,44)(H,37,43)(H2,38,39,46). The number of nitrogens with zero attached hydrogens (tertiary/aromatic N) is 1. The van der Waals surface area contributed by atoms with Crippen molar-refractivity contribution in [2.45, 2.75) is 154 Å². The van der Waals surface area contributed by atoms with E-state index in [4.69, 9.17) is 0 Å². The van der Waals surface area contributed by atoms with Crippen molar-refractivity contribution in [3.63, 3.8) is 0 Å². The maximum atomic E-state index is 14.3. The first-order valence-corrected chi connectivity index (χ1v) is 19.4. The fraction of sp³-hybridized carbons (Fsp3) is 0.800. The van der Waals surface area contributed by atoms with Gasteiger partial charge in [-0.15, -0.1) is 0 Å². The number of hydrogen-bond donors (Lipinski definition) is 4. The molecule has 1 heterocycles. The van der Waals surface area contributed by atoms with Crippen LogP contribution in [0.5, 0.6) is 0 Å². The van der Waals surface area contributed by atoms with Crippen molar-refractivity contribution in [2.75, 3.05) is 6.54 Å². The van der Waals surface area contributed by atoms with Crippen molar-refractivity contribution in [3.8, 4) is 0 Å². The summed E-state index contributed by atoms with van der Waals surface area (Å²) in [5.74, 6) is -2.13. The zero-order valence-corrected chi connectivity index (χ0v) is 30.6. The summed E-state index contributed by atoms with van der Waals surface area (Å²) in [6.07, 6.45) is 7.78. The normalized spacial score (nSPS) is 25.7. The third kappa shape index (κ3) is 8.79. The summed E-state index contributed by atoms with van der Waals surface area (Å²) in [4.78, 5) is 81.2. The molecule has 4 fully saturated rings. The molecule has 0 aromatic carbocycles. The molecule has 6 atom stereocenters. The highest BCUT2D eigenvalue weighted by atomic mass is 32.2. The Bertz CT molecular complexity index is 1400. The van der Waals surface area contributed by atoms with E-state index in [1.54, 1.807) is 20.8 Å². The molecule has 4 aliphatic rings. The molecule has 6 unspecified atom stereocenters. The van der Waals surface area contributed by atoms with Crippen LogP contribution in [0.25, 0.3) is 0 Å². The number of amides is 5. The second-order valence-corrected chi connectivity index (χ2v) is 19.4. The summed E-state index contributed by atoms with van der Waals surface area (Å²) in [5, 5.41) is 13.0. The smallest absolute Gasteiger partial charge is 0.316 e. The molecule has 1 saturated heterocycles. The predicted molar refractivity (Wildman–Crippen MR) is 186 cm³/mol. The van der Waals surface area contributed by atoms with E-state index in [2.05, 4.69) is 21.3 Å². The molecule has 0 spiro atoms. The number of ketones is 1. The highest BCUT2D eigenvalue weighted by Gasteiger charge is 2.58. The van der Waals surface area contributed by atoms with Crippen molar-refractivity contribution in [3.05, 3.63) is 0 Å². The van der Waals surface area contributed by atoms with Crippen LogP contribution in [-0.4, -0.2) is 90.6 Å². The first kappa shape index (κ1) is 37.9. The number of nitrogens with one attached hydrogen (secondary N) is 4. The number of fused-ring (bicyclic) bond motifs is 1. The van der Waals surface area contributed by atoms with E-state index in [1.165, 1.54) is 10.3 Å². The number of unbranched alkanes of at least 4 members (excludes halogenated alkanes) is 1. The van der Waals surface area contributed by atoms with Gasteiger partial charge >= 0.3 is 6.03 Å². The van der Waals surface area contributed by atoms with Gasteiger partial charge in [-0.25, -0.2) is 4.79 Å². The molecule has 4 rings (SSSR count). The Balaban J connectivity index is 1.53. The third-order valence-electron chi connectivity index (χ3n) is 10.3. The first-order chi connectivity index (χ1) is 22.3. The summed E-state index contributed by atoms with van der Waals surface area (Å²) in [7, 11) is -3.10. The molecule has 270 valence electrons. The molecule has 3 aliphatic carbocycles. The molecule has 0 bridgehead atoms. The molecule has 12 nitrogen and oxygen atoms in total. The lowest BCUT2D eigenvalue weighted by molar-refractivity contribution is -0.144. The molecular formula is C35H57N5O7S. The van der Waals surface area contributed by atoms with Crippen LogP contribution < -0.4 is 21.3 Å². The van der Waals surface area contributed by atoms with Crippen LogP contribution in [0, 0.1) is 17.3 Å². The summed E-state index contributed by atoms with van der Waals surface area (Å²) in [5.41, 5.74) is -1.23. The van der Waals surface area contributed by atoms with E-state index in [9.17, 15) is 33.0 Å². The molecule has 4 N–H and O–H groups in total. The number of carbonyl (C=O) groups excluding carboxylic acids is 6. The highest BCUT2D eigenvalue weighted by molar-refractivity contribution is 8.14. The molecule has 0 aromatic heterocycles. The summed E-state index contributed by atoms with van der Waals surface area (Å²) < 4.78 is 12.9. The van der Waals surface area contributed by atoms with Gasteiger partial charge in [-0.2, -0.15) is 0 Å². The van der Waals surface area contributed by atoms with Gasteiger partial charge in [0.25, 0.3) is 5.91 Å².